The Hall–Kier alpha value is -0.960. The molecule has 0 heterocycles. The maximum Gasteiger partial charge on any atom is 0.120 e. The van der Waals surface area contributed by atoms with Gasteiger partial charge in [0.15, 0.2) is 0 Å². The van der Waals surface area contributed by atoms with Gasteiger partial charge in [-0.25, -0.2) is 0 Å². The topological polar surface area (TPSA) is 18.5 Å². The van der Waals surface area contributed by atoms with Crippen molar-refractivity contribution in [3.63, 3.8) is 0 Å². The van der Waals surface area contributed by atoms with E-state index in [0.717, 1.165) is 28.8 Å². The molecule has 0 fully saturated rings. The molecular formula is C13H17BrO2. The van der Waals surface area contributed by atoms with Crippen molar-refractivity contribution in [2.45, 2.75) is 19.8 Å². The summed E-state index contributed by atoms with van der Waals surface area (Å²) >= 11 is 3.48. The molecule has 0 N–H and O–H groups in total. The van der Waals surface area contributed by atoms with E-state index in [0.29, 0.717) is 6.61 Å². The molecule has 0 spiro atoms. The van der Waals surface area contributed by atoms with Gasteiger partial charge in [-0.05, 0) is 30.7 Å². The van der Waals surface area contributed by atoms with Gasteiger partial charge in [0, 0.05) is 4.48 Å². The van der Waals surface area contributed by atoms with Crippen LogP contribution in [0.15, 0.2) is 34.8 Å². The maximum atomic E-state index is 5.59. The third-order valence-corrected chi connectivity index (χ3v) is 2.64. The average molecular weight is 285 g/mol. The molecule has 0 amide bonds. The molecular weight excluding hydrogens is 268 g/mol. The lowest BCUT2D eigenvalue weighted by Gasteiger charge is -2.06. The summed E-state index contributed by atoms with van der Waals surface area (Å²) in [7, 11) is 1.65. The molecule has 1 aromatic rings. The molecule has 0 saturated heterocycles. The summed E-state index contributed by atoms with van der Waals surface area (Å²) in [5, 5.41) is 0. The van der Waals surface area contributed by atoms with Crippen molar-refractivity contribution in [3.05, 3.63) is 34.8 Å². The predicted molar refractivity (Wildman–Crippen MR) is 70.4 cm³/mol. The van der Waals surface area contributed by atoms with Crippen LogP contribution in [0.4, 0.5) is 0 Å². The van der Waals surface area contributed by atoms with Gasteiger partial charge in [0.25, 0.3) is 0 Å². The third kappa shape index (κ3) is 4.71. The first-order chi connectivity index (χ1) is 7.76. The summed E-state index contributed by atoms with van der Waals surface area (Å²) in [6.45, 7) is 2.73. The van der Waals surface area contributed by atoms with Crippen molar-refractivity contribution in [3.8, 4) is 11.5 Å². The van der Waals surface area contributed by atoms with Crippen LogP contribution < -0.4 is 9.47 Å². The first-order valence-electron chi connectivity index (χ1n) is 5.37. The van der Waals surface area contributed by atoms with Gasteiger partial charge < -0.3 is 9.47 Å². The van der Waals surface area contributed by atoms with Crippen LogP contribution in [-0.2, 0) is 0 Å². The number of unbranched alkanes of at least 4 members (excludes halogenated alkanes) is 1. The summed E-state index contributed by atoms with van der Waals surface area (Å²) in [4.78, 5) is 0. The molecule has 0 aliphatic carbocycles. The Balaban J connectivity index is 2.42. The van der Waals surface area contributed by atoms with Crippen molar-refractivity contribution in [2.75, 3.05) is 13.7 Å². The van der Waals surface area contributed by atoms with E-state index in [-0.39, 0.29) is 0 Å². The normalized spacial score (nSPS) is 11.3. The van der Waals surface area contributed by atoms with Gasteiger partial charge in [0.1, 0.15) is 18.1 Å². The number of hydrogen-bond donors (Lipinski definition) is 0. The smallest absolute Gasteiger partial charge is 0.120 e. The summed E-state index contributed by atoms with van der Waals surface area (Å²) in [6.07, 6.45) is 4.37. The Labute approximate surface area is 105 Å². The molecule has 0 radical (unpaired) electrons. The number of hydrogen-bond acceptors (Lipinski definition) is 2. The number of allylic oxidation sites excluding steroid dienone is 1. The molecule has 1 aromatic carbocycles. The van der Waals surface area contributed by atoms with E-state index in [1.165, 1.54) is 0 Å². The molecule has 0 unspecified atom stereocenters. The van der Waals surface area contributed by atoms with Gasteiger partial charge in [-0.3, -0.25) is 0 Å². The molecule has 3 heteroatoms. The van der Waals surface area contributed by atoms with Gasteiger partial charge in [-0.15, -0.1) is 0 Å². The number of ether oxygens (including phenoxy) is 2. The second-order valence-electron chi connectivity index (χ2n) is 3.40. The highest BCUT2D eigenvalue weighted by Crippen LogP contribution is 2.18. The lowest BCUT2D eigenvalue weighted by molar-refractivity contribution is 0.358. The molecule has 0 aromatic heterocycles. The summed E-state index contributed by atoms with van der Waals surface area (Å²) in [6, 6.07) is 7.58. The van der Waals surface area contributed by atoms with Crippen molar-refractivity contribution in [1.29, 1.82) is 0 Å². The highest BCUT2D eigenvalue weighted by atomic mass is 79.9. The second kappa shape index (κ2) is 7.34. The van der Waals surface area contributed by atoms with Crippen LogP contribution in [0.1, 0.15) is 19.8 Å². The molecule has 88 valence electrons. The largest absolute Gasteiger partial charge is 0.497 e. The molecule has 0 aliphatic rings. The lowest BCUT2D eigenvalue weighted by atomic mass is 10.3. The first kappa shape index (κ1) is 13.1. The van der Waals surface area contributed by atoms with E-state index < -0.39 is 0 Å². The predicted octanol–water partition coefficient (Wildman–Crippen LogP) is 4.15. The molecule has 0 atom stereocenters. The van der Waals surface area contributed by atoms with E-state index >= 15 is 0 Å². The van der Waals surface area contributed by atoms with Crippen LogP contribution in [0.25, 0.3) is 0 Å². The summed E-state index contributed by atoms with van der Waals surface area (Å²) < 4.78 is 11.8. The number of benzene rings is 1. The minimum Gasteiger partial charge on any atom is -0.497 e. The number of halogens is 1. The van der Waals surface area contributed by atoms with Crippen LogP contribution >= 0.6 is 15.9 Å². The zero-order valence-corrected chi connectivity index (χ0v) is 11.3. The monoisotopic (exact) mass is 284 g/mol. The van der Waals surface area contributed by atoms with Crippen LogP contribution in [0.3, 0.4) is 0 Å². The highest BCUT2D eigenvalue weighted by Gasteiger charge is 1.96. The minimum atomic E-state index is 0.576. The molecule has 2 nitrogen and oxygen atoms in total. The van der Waals surface area contributed by atoms with Gasteiger partial charge >= 0.3 is 0 Å². The molecule has 0 bridgehead atoms. The number of rotatable bonds is 6. The average Bonchev–Trinajstić information content (AvgIpc) is 2.34. The minimum absolute atomic E-state index is 0.576. The summed E-state index contributed by atoms with van der Waals surface area (Å²) in [5.74, 6) is 1.69. The quantitative estimate of drug-likeness (QED) is 0.781. The van der Waals surface area contributed by atoms with Crippen LogP contribution in [0.2, 0.25) is 0 Å². The van der Waals surface area contributed by atoms with E-state index in [1.54, 1.807) is 7.11 Å². The zero-order valence-electron chi connectivity index (χ0n) is 9.70. The van der Waals surface area contributed by atoms with Crippen molar-refractivity contribution in [1.82, 2.24) is 0 Å². The Morgan fingerprint density at radius 2 is 1.88 bits per heavy atom. The molecule has 16 heavy (non-hydrogen) atoms. The molecule has 1 rings (SSSR count). The van der Waals surface area contributed by atoms with E-state index in [9.17, 15) is 0 Å². The van der Waals surface area contributed by atoms with E-state index in [2.05, 4.69) is 28.9 Å². The van der Waals surface area contributed by atoms with Gasteiger partial charge in [0.2, 0.25) is 0 Å². The summed E-state index contributed by atoms with van der Waals surface area (Å²) in [5.41, 5.74) is 0. The van der Waals surface area contributed by atoms with Crippen molar-refractivity contribution < 1.29 is 9.47 Å². The van der Waals surface area contributed by atoms with Gasteiger partial charge in [-0.2, -0.15) is 0 Å². The molecule has 0 aliphatic heterocycles. The fourth-order valence-corrected chi connectivity index (χ4v) is 1.53. The van der Waals surface area contributed by atoms with Gasteiger partial charge in [0.05, 0.1) is 7.11 Å². The highest BCUT2D eigenvalue weighted by molar-refractivity contribution is 9.11. The Kier molecular flexibility index (Phi) is 6.01. The third-order valence-electron chi connectivity index (χ3n) is 2.09. The van der Waals surface area contributed by atoms with Crippen LogP contribution in [-0.4, -0.2) is 13.7 Å². The van der Waals surface area contributed by atoms with E-state index in [4.69, 9.17) is 9.47 Å². The van der Waals surface area contributed by atoms with E-state index in [1.807, 2.05) is 24.3 Å². The standard InChI is InChI=1S/C13H17BrO2/c1-3-4-5-11(14)10-16-13-8-6-12(15-2)7-9-13/h5-9H,3-4,10H2,1-2H3/b11-5-. The van der Waals surface area contributed by atoms with Gasteiger partial charge in [-0.1, -0.05) is 35.4 Å². The fourth-order valence-electron chi connectivity index (χ4n) is 1.18. The zero-order chi connectivity index (χ0) is 11.8. The second-order valence-corrected chi connectivity index (χ2v) is 4.42. The Morgan fingerprint density at radius 3 is 2.44 bits per heavy atom. The Bertz CT molecular complexity index is 330. The Morgan fingerprint density at radius 1 is 1.25 bits per heavy atom. The fraction of sp³-hybridized carbons (Fsp3) is 0.385. The SMILES string of the molecule is CCC/C=C(\Br)COc1ccc(OC)cc1. The van der Waals surface area contributed by atoms with Crippen molar-refractivity contribution >= 4 is 15.9 Å². The van der Waals surface area contributed by atoms with Crippen molar-refractivity contribution in [2.24, 2.45) is 0 Å². The first-order valence-corrected chi connectivity index (χ1v) is 6.17. The lowest BCUT2D eigenvalue weighted by Crippen LogP contribution is -1.96. The molecule has 0 saturated carbocycles. The maximum absolute atomic E-state index is 5.59. The van der Waals surface area contributed by atoms with Crippen LogP contribution in [0, 0.1) is 0 Å². The van der Waals surface area contributed by atoms with Crippen LogP contribution in [0.5, 0.6) is 11.5 Å². The number of methoxy groups -OCH3 is 1.